The van der Waals surface area contributed by atoms with Crippen molar-refractivity contribution in [3.63, 3.8) is 0 Å². The first kappa shape index (κ1) is 19.1. The first-order valence-electron chi connectivity index (χ1n) is 8.02. The number of nitro groups is 1. The Morgan fingerprint density at radius 3 is 1.81 bits per heavy atom. The van der Waals surface area contributed by atoms with Crippen molar-refractivity contribution in [3.8, 4) is 5.88 Å². The molecule has 0 radical (unpaired) electrons. The molecule has 3 rings (SSSR count). The maximum Gasteiger partial charge on any atom is 0.287 e. The highest BCUT2D eigenvalue weighted by molar-refractivity contribution is 6.30. The predicted molar refractivity (Wildman–Crippen MR) is 104 cm³/mol. The monoisotopic (exact) mass is 403 g/mol. The van der Waals surface area contributed by atoms with Gasteiger partial charge in [0.15, 0.2) is 0 Å². The van der Waals surface area contributed by atoms with Gasteiger partial charge in [0.25, 0.3) is 5.69 Å². The van der Waals surface area contributed by atoms with Gasteiger partial charge in [0.05, 0.1) is 18.0 Å². The van der Waals surface area contributed by atoms with Gasteiger partial charge in [0, 0.05) is 22.2 Å². The van der Waals surface area contributed by atoms with Gasteiger partial charge in [-0.05, 0) is 35.4 Å². The fourth-order valence-corrected chi connectivity index (χ4v) is 2.63. The van der Waals surface area contributed by atoms with Gasteiger partial charge in [-0.2, -0.15) is 0 Å². The van der Waals surface area contributed by atoms with Crippen molar-refractivity contribution in [1.29, 1.82) is 0 Å². The molecule has 0 fully saturated rings. The number of pyridine rings is 1. The topological polar surface area (TPSA) is 68.5 Å². The summed E-state index contributed by atoms with van der Waals surface area (Å²) in [5.41, 5.74) is 1.90. The quantitative estimate of drug-likeness (QED) is 0.395. The van der Waals surface area contributed by atoms with Gasteiger partial charge in [-0.1, -0.05) is 47.5 Å². The SMILES string of the molecule is O=[N+]([O-])c1ccc(ON(Cc2ccc(Cl)cc2)Cc2ccc(Cl)cc2)nc1. The third-order valence-electron chi connectivity index (χ3n) is 3.70. The first-order valence-corrected chi connectivity index (χ1v) is 8.77. The molecule has 2 aromatic carbocycles. The van der Waals surface area contributed by atoms with Crippen LogP contribution in [-0.4, -0.2) is 15.0 Å². The van der Waals surface area contributed by atoms with E-state index in [2.05, 4.69) is 4.98 Å². The van der Waals surface area contributed by atoms with Crippen molar-refractivity contribution in [2.75, 3.05) is 0 Å². The molecule has 0 aliphatic heterocycles. The molecule has 27 heavy (non-hydrogen) atoms. The Morgan fingerprint density at radius 2 is 1.41 bits per heavy atom. The van der Waals surface area contributed by atoms with E-state index in [1.165, 1.54) is 12.1 Å². The van der Waals surface area contributed by atoms with Crippen LogP contribution in [0.15, 0.2) is 66.9 Å². The van der Waals surface area contributed by atoms with Crippen LogP contribution in [0.5, 0.6) is 5.88 Å². The van der Waals surface area contributed by atoms with Gasteiger partial charge in [0.1, 0.15) is 6.20 Å². The van der Waals surface area contributed by atoms with Gasteiger partial charge < -0.3 is 4.84 Å². The molecule has 0 unspecified atom stereocenters. The molecular formula is C19H15Cl2N3O3. The lowest BCUT2D eigenvalue weighted by atomic mass is 10.2. The lowest BCUT2D eigenvalue weighted by Gasteiger charge is -2.22. The van der Waals surface area contributed by atoms with E-state index in [0.29, 0.717) is 23.1 Å². The Labute approximate surface area is 166 Å². The first-order chi connectivity index (χ1) is 13.0. The number of benzene rings is 2. The smallest absolute Gasteiger partial charge is 0.287 e. The number of rotatable bonds is 7. The lowest BCUT2D eigenvalue weighted by molar-refractivity contribution is -0.385. The van der Waals surface area contributed by atoms with Crippen LogP contribution >= 0.6 is 23.2 Å². The molecule has 1 heterocycles. The zero-order valence-corrected chi connectivity index (χ0v) is 15.6. The van der Waals surface area contributed by atoms with Crippen LogP contribution < -0.4 is 4.84 Å². The van der Waals surface area contributed by atoms with E-state index in [1.54, 1.807) is 5.06 Å². The van der Waals surface area contributed by atoms with Crippen molar-refractivity contribution < 1.29 is 9.76 Å². The van der Waals surface area contributed by atoms with E-state index in [9.17, 15) is 10.1 Å². The minimum atomic E-state index is -0.504. The molecule has 0 aliphatic carbocycles. The van der Waals surface area contributed by atoms with E-state index in [0.717, 1.165) is 17.3 Å². The minimum absolute atomic E-state index is 0.0932. The molecule has 0 saturated carbocycles. The second-order valence-electron chi connectivity index (χ2n) is 5.75. The Kier molecular flexibility index (Phi) is 6.24. The maximum atomic E-state index is 10.8. The highest BCUT2D eigenvalue weighted by atomic mass is 35.5. The fraction of sp³-hybridized carbons (Fsp3) is 0.105. The van der Waals surface area contributed by atoms with Gasteiger partial charge in [0.2, 0.25) is 5.88 Å². The van der Waals surface area contributed by atoms with Gasteiger partial charge in [-0.15, -0.1) is 5.06 Å². The Hall–Kier alpha value is -2.67. The summed E-state index contributed by atoms with van der Waals surface area (Å²) >= 11 is 11.9. The normalized spacial score (nSPS) is 10.8. The van der Waals surface area contributed by atoms with E-state index in [1.807, 2.05) is 48.5 Å². The summed E-state index contributed by atoms with van der Waals surface area (Å²) in [6.45, 7) is 0.941. The van der Waals surface area contributed by atoms with Gasteiger partial charge in [-0.3, -0.25) is 10.1 Å². The average molecular weight is 404 g/mol. The van der Waals surface area contributed by atoms with Crippen LogP contribution in [0.4, 0.5) is 5.69 Å². The van der Waals surface area contributed by atoms with Crippen molar-refractivity contribution in [1.82, 2.24) is 10.0 Å². The van der Waals surface area contributed by atoms with Gasteiger partial charge in [-0.25, -0.2) is 4.98 Å². The molecule has 0 saturated heterocycles. The summed E-state index contributed by atoms with van der Waals surface area (Å²) < 4.78 is 0. The molecular weight excluding hydrogens is 389 g/mol. The summed E-state index contributed by atoms with van der Waals surface area (Å²) in [5.74, 6) is 0.267. The van der Waals surface area contributed by atoms with Gasteiger partial charge >= 0.3 is 0 Å². The highest BCUT2D eigenvalue weighted by Crippen LogP contribution is 2.19. The molecule has 8 heteroatoms. The molecule has 0 atom stereocenters. The maximum absolute atomic E-state index is 10.8. The Balaban J connectivity index is 1.78. The number of hydrogen-bond acceptors (Lipinski definition) is 5. The van der Waals surface area contributed by atoms with Crippen molar-refractivity contribution in [3.05, 3.63) is 98.1 Å². The molecule has 138 valence electrons. The summed E-state index contributed by atoms with van der Waals surface area (Å²) in [6.07, 6.45) is 1.16. The molecule has 0 amide bonds. The van der Waals surface area contributed by atoms with E-state index >= 15 is 0 Å². The highest BCUT2D eigenvalue weighted by Gasteiger charge is 2.13. The van der Waals surface area contributed by atoms with E-state index in [-0.39, 0.29) is 11.6 Å². The summed E-state index contributed by atoms with van der Waals surface area (Å²) in [4.78, 5) is 20.1. The fourth-order valence-electron chi connectivity index (χ4n) is 2.37. The zero-order valence-electron chi connectivity index (χ0n) is 14.1. The molecule has 3 aromatic rings. The number of aromatic nitrogens is 1. The number of hydroxylamine groups is 2. The molecule has 6 nitrogen and oxygen atoms in total. The van der Waals surface area contributed by atoms with Crippen LogP contribution in [0.25, 0.3) is 0 Å². The molecule has 0 N–H and O–H groups in total. The predicted octanol–water partition coefficient (Wildman–Crippen LogP) is 5.29. The number of hydrogen-bond donors (Lipinski definition) is 0. The van der Waals surface area contributed by atoms with Crippen LogP contribution in [0, 0.1) is 10.1 Å². The second-order valence-corrected chi connectivity index (χ2v) is 6.63. The van der Waals surface area contributed by atoms with E-state index in [4.69, 9.17) is 28.0 Å². The van der Waals surface area contributed by atoms with Crippen LogP contribution in [0.2, 0.25) is 10.0 Å². The van der Waals surface area contributed by atoms with Crippen LogP contribution in [0.3, 0.4) is 0 Å². The molecule has 0 bridgehead atoms. The lowest BCUT2D eigenvalue weighted by Crippen LogP contribution is -2.27. The summed E-state index contributed by atoms with van der Waals surface area (Å²) in [6, 6.07) is 17.7. The third kappa shape index (κ3) is 5.65. The Bertz CT molecular complexity index is 853. The van der Waals surface area contributed by atoms with Crippen molar-refractivity contribution in [2.45, 2.75) is 13.1 Å². The minimum Gasteiger partial charge on any atom is -0.385 e. The van der Waals surface area contributed by atoms with Crippen LogP contribution in [-0.2, 0) is 13.1 Å². The average Bonchev–Trinajstić information content (AvgIpc) is 2.66. The summed E-state index contributed by atoms with van der Waals surface area (Å²) in [5, 5.41) is 13.8. The van der Waals surface area contributed by atoms with Crippen molar-refractivity contribution >= 4 is 28.9 Å². The number of halogens is 2. The summed E-state index contributed by atoms with van der Waals surface area (Å²) in [7, 11) is 0. The standard InChI is InChI=1S/C19H15Cl2N3O3/c20-16-5-1-14(2-6-16)12-23(13-15-3-7-17(21)8-4-15)27-19-10-9-18(11-22-19)24(25)26/h1-11H,12-13H2. The second kappa shape index (κ2) is 8.81. The van der Waals surface area contributed by atoms with Crippen molar-refractivity contribution in [2.24, 2.45) is 0 Å². The van der Waals surface area contributed by atoms with Crippen LogP contribution in [0.1, 0.15) is 11.1 Å². The third-order valence-corrected chi connectivity index (χ3v) is 4.20. The largest absolute Gasteiger partial charge is 0.385 e. The Morgan fingerprint density at radius 1 is 0.889 bits per heavy atom. The number of nitrogens with zero attached hydrogens (tertiary/aromatic N) is 3. The molecule has 0 spiro atoms. The molecule has 0 aliphatic rings. The zero-order chi connectivity index (χ0) is 19.2. The van der Waals surface area contributed by atoms with E-state index < -0.39 is 4.92 Å². The molecule has 1 aromatic heterocycles.